The van der Waals surface area contributed by atoms with Crippen LogP contribution in [-0.2, 0) is 25.5 Å². The van der Waals surface area contributed by atoms with Crippen LogP contribution in [0.5, 0.6) is 5.75 Å². The number of alkyl carbamates (subject to hydrolysis) is 1. The van der Waals surface area contributed by atoms with Crippen LogP contribution in [-0.4, -0.2) is 50.4 Å². The lowest BCUT2D eigenvalue weighted by Gasteiger charge is -2.31. The number of esters is 1. The van der Waals surface area contributed by atoms with Crippen molar-refractivity contribution < 1.29 is 28.6 Å². The molecule has 2 aliphatic rings. The molecule has 2 amide bonds. The van der Waals surface area contributed by atoms with Crippen LogP contribution in [0.4, 0.5) is 4.79 Å². The molecule has 182 valence electrons. The van der Waals surface area contributed by atoms with Crippen molar-refractivity contribution in [3.63, 3.8) is 0 Å². The van der Waals surface area contributed by atoms with Gasteiger partial charge in [-0.3, -0.25) is 4.79 Å². The molecule has 1 heterocycles. The summed E-state index contributed by atoms with van der Waals surface area (Å²) < 4.78 is 16.1. The standard InChI is InChI=1S/C25H36N2O6/c1-31-24(29)21-17-18-10-9-13-20(16-18)32-14-7-2-3-8-15-33-25(30)27-22(23(28)26-21)19-11-5-4-6-12-19/h9-10,13,16,19,21-22H,2-8,11-12,14-15,17H2,1H3,(H,26,28)(H,27,30). The zero-order chi connectivity index (χ0) is 23.5. The SMILES string of the molecule is COC(=O)C1Cc2cccc(c2)OCCCCCCOC(=O)NC(C2CCCCC2)C(=O)N1. The van der Waals surface area contributed by atoms with Gasteiger partial charge in [0.1, 0.15) is 17.8 Å². The molecule has 0 aromatic heterocycles. The number of hydrogen-bond donors (Lipinski definition) is 2. The lowest BCUT2D eigenvalue weighted by atomic mass is 9.83. The van der Waals surface area contributed by atoms with Gasteiger partial charge in [0.25, 0.3) is 0 Å². The first kappa shape index (κ1) is 24.9. The van der Waals surface area contributed by atoms with Gasteiger partial charge in [-0.05, 0) is 62.1 Å². The van der Waals surface area contributed by atoms with Gasteiger partial charge >= 0.3 is 12.1 Å². The van der Waals surface area contributed by atoms with E-state index in [1.807, 2.05) is 24.3 Å². The van der Waals surface area contributed by atoms with Gasteiger partial charge in [-0.2, -0.15) is 0 Å². The Morgan fingerprint density at radius 1 is 0.939 bits per heavy atom. The van der Waals surface area contributed by atoms with E-state index in [4.69, 9.17) is 14.2 Å². The average Bonchev–Trinajstić information content (AvgIpc) is 2.83. The number of rotatable bonds is 2. The number of amides is 2. The molecule has 2 unspecified atom stereocenters. The largest absolute Gasteiger partial charge is 0.494 e. The van der Waals surface area contributed by atoms with Crippen molar-refractivity contribution in [3.05, 3.63) is 29.8 Å². The van der Waals surface area contributed by atoms with Crippen LogP contribution in [0.25, 0.3) is 0 Å². The summed E-state index contributed by atoms with van der Waals surface area (Å²) in [4.78, 5) is 38.2. The molecule has 0 saturated heterocycles. The second kappa shape index (κ2) is 13.1. The second-order valence-corrected chi connectivity index (χ2v) is 8.85. The molecule has 1 aromatic carbocycles. The summed E-state index contributed by atoms with van der Waals surface area (Å²) in [6.07, 6.45) is 8.09. The number of methoxy groups -OCH3 is 1. The van der Waals surface area contributed by atoms with Gasteiger partial charge in [0.15, 0.2) is 0 Å². The molecule has 3 rings (SSSR count). The van der Waals surface area contributed by atoms with Crippen LogP contribution in [0, 0.1) is 5.92 Å². The van der Waals surface area contributed by atoms with E-state index in [9.17, 15) is 14.4 Å². The van der Waals surface area contributed by atoms with Crippen LogP contribution < -0.4 is 15.4 Å². The summed E-state index contributed by atoms with van der Waals surface area (Å²) in [7, 11) is 1.30. The van der Waals surface area contributed by atoms with E-state index >= 15 is 0 Å². The van der Waals surface area contributed by atoms with Gasteiger partial charge in [0.05, 0.1) is 20.3 Å². The summed E-state index contributed by atoms with van der Waals surface area (Å²) >= 11 is 0. The highest BCUT2D eigenvalue weighted by Gasteiger charge is 2.34. The topological polar surface area (TPSA) is 103 Å². The third kappa shape index (κ3) is 7.94. The second-order valence-electron chi connectivity index (χ2n) is 8.85. The fourth-order valence-corrected chi connectivity index (χ4v) is 4.54. The fraction of sp³-hybridized carbons (Fsp3) is 0.640. The summed E-state index contributed by atoms with van der Waals surface area (Å²) in [5.41, 5.74) is 0.853. The van der Waals surface area contributed by atoms with E-state index in [2.05, 4.69) is 10.6 Å². The maximum atomic E-state index is 13.3. The van der Waals surface area contributed by atoms with Crippen molar-refractivity contribution in [2.75, 3.05) is 20.3 Å². The molecule has 0 spiro atoms. The van der Waals surface area contributed by atoms with Crippen molar-refractivity contribution >= 4 is 18.0 Å². The van der Waals surface area contributed by atoms with Crippen LogP contribution in [0.15, 0.2) is 24.3 Å². The summed E-state index contributed by atoms with van der Waals surface area (Å²) in [6, 6.07) is 5.91. The monoisotopic (exact) mass is 460 g/mol. The first-order chi connectivity index (χ1) is 16.1. The number of nitrogens with one attached hydrogen (secondary N) is 2. The Balaban J connectivity index is 1.81. The molecular weight excluding hydrogens is 424 g/mol. The van der Waals surface area contributed by atoms with Crippen molar-refractivity contribution in [1.82, 2.24) is 10.6 Å². The Bertz CT molecular complexity index is 793. The zero-order valence-corrected chi connectivity index (χ0v) is 19.5. The minimum absolute atomic E-state index is 0.00641. The van der Waals surface area contributed by atoms with Crippen molar-refractivity contribution in [2.45, 2.75) is 76.3 Å². The van der Waals surface area contributed by atoms with Crippen molar-refractivity contribution in [2.24, 2.45) is 5.92 Å². The summed E-state index contributed by atoms with van der Waals surface area (Å²) in [5.74, 6) is -0.178. The normalized spacial score (nSPS) is 24.2. The van der Waals surface area contributed by atoms with Crippen LogP contribution in [0.3, 0.4) is 0 Å². The molecule has 8 heteroatoms. The van der Waals surface area contributed by atoms with E-state index in [0.717, 1.165) is 69.1 Å². The third-order valence-corrected chi connectivity index (χ3v) is 6.36. The van der Waals surface area contributed by atoms with Gasteiger partial charge in [0.2, 0.25) is 5.91 Å². The molecule has 33 heavy (non-hydrogen) atoms. The van der Waals surface area contributed by atoms with E-state index in [1.165, 1.54) is 7.11 Å². The molecule has 2 N–H and O–H groups in total. The number of cyclic esters (lactones) is 1. The quantitative estimate of drug-likeness (QED) is 0.655. The van der Waals surface area contributed by atoms with Gasteiger partial charge in [-0.1, -0.05) is 31.4 Å². The lowest BCUT2D eigenvalue weighted by Crippen LogP contribution is -2.55. The van der Waals surface area contributed by atoms with E-state index < -0.39 is 24.1 Å². The van der Waals surface area contributed by atoms with Crippen LogP contribution in [0.1, 0.15) is 63.4 Å². The highest BCUT2D eigenvalue weighted by Crippen LogP contribution is 2.27. The van der Waals surface area contributed by atoms with E-state index in [1.54, 1.807) is 0 Å². The number of carbonyl (C=O) groups is 3. The number of carbonyl (C=O) groups excluding carboxylic acids is 3. The highest BCUT2D eigenvalue weighted by molar-refractivity contribution is 5.90. The zero-order valence-electron chi connectivity index (χ0n) is 19.5. The number of hydrogen-bond acceptors (Lipinski definition) is 6. The molecule has 1 saturated carbocycles. The predicted octanol–water partition coefficient (Wildman–Crippen LogP) is 3.51. The third-order valence-electron chi connectivity index (χ3n) is 6.36. The summed E-state index contributed by atoms with van der Waals surface area (Å²) in [5, 5.41) is 5.60. The first-order valence-corrected chi connectivity index (χ1v) is 12.1. The van der Waals surface area contributed by atoms with Crippen LogP contribution >= 0.6 is 0 Å². The van der Waals surface area contributed by atoms with Gasteiger partial charge in [0, 0.05) is 6.42 Å². The molecule has 1 aromatic rings. The Morgan fingerprint density at radius 2 is 1.64 bits per heavy atom. The molecule has 2 atom stereocenters. The summed E-state index contributed by atoms with van der Waals surface area (Å²) in [6.45, 7) is 0.892. The van der Waals surface area contributed by atoms with Gasteiger partial charge in [-0.25, -0.2) is 9.59 Å². The fourth-order valence-electron chi connectivity index (χ4n) is 4.54. The molecule has 1 fully saturated rings. The molecular formula is C25H36N2O6. The average molecular weight is 461 g/mol. The Hall–Kier alpha value is -2.77. The molecule has 1 aliphatic carbocycles. The van der Waals surface area contributed by atoms with Crippen molar-refractivity contribution in [3.8, 4) is 5.75 Å². The van der Waals surface area contributed by atoms with Crippen molar-refractivity contribution in [1.29, 1.82) is 0 Å². The Morgan fingerprint density at radius 3 is 2.36 bits per heavy atom. The molecule has 1 aliphatic heterocycles. The van der Waals surface area contributed by atoms with E-state index in [0.29, 0.717) is 13.2 Å². The molecule has 8 nitrogen and oxygen atoms in total. The minimum atomic E-state index is -0.874. The minimum Gasteiger partial charge on any atom is -0.494 e. The number of fused-ring (bicyclic) bond motifs is 2. The lowest BCUT2D eigenvalue weighted by molar-refractivity contribution is -0.145. The maximum absolute atomic E-state index is 13.3. The smallest absolute Gasteiger partial charge is 0.407 e. The predicted molar refractivity (Wildman–Crippen MR) is 123 cm³/mol. The van der Waals surface area contributed by atoms with E-state index in [-0.39, 0.29) is 18.2 Å². The Kier molecular flexibility index (Phi) is 9.84. The highest BCUT2D eigenvalue weighted by atomic mass is 16.5. The van der Waals surface area contributed by atoms with Gasteiger partial charge < -0.3 is 24.8 Å². The Labute approximate surface area is 195 Å². The molecule has 0 radical (unpaired) electrons. The van der Waals surface area contributed by atoms with Crippen LogP contribution in [0.2, 0.25) is 0 Å². The maximum Gasteiger partial charge on any atom is 0.407 e. The first-order valence-electron chi connectivity index (χ1n) is 12.1. The van der Waals surface area contributed by atoms with Gasteiger partial charge in [-0.15, -0.1) is 0 Å². The molecule has 2 bridgehead atoms. The number of ether oxygens (including phenoxy) is 3. The number of benzene rings is 1.